The van der Waals surface area contributed by atoms with E-state index in [0.717, 1.165) is 11.6 Å². The maximum atomic E-state index is 11.9. The van der Waals surface area contributed by atoms with Gasteiger partial charge in [-0.05, 0) is 33.1 Å². The molecule has 2 N–H and O–H groups in total. The van der Waals surface area contributed by atoms with E-state index in [1.54, 1.807) is 6.33 Å². The molecule has 1 amide bonds. The summed E-state index contributed by atoms with van der Waals surface area (Å²) >= 11 is 1.34. The van der Waals surface area contributed by atoms with Gasteiger partial charge in [0.15, 0.2) is 5.16 Å². The summed E-state index contributed by atoms with van der Waals surface area (Å²) in [5, 5.41) is 20.4. The van der Waals surface area contributed by atoms with Crippen molar-refractivity contribution in [3.8, 4) is 0 Å². The van der Waals surface area contributed by atoms with E-state index in [9.17, 15) is 9.59 Å². The van der Waals surface area contributed by atoms with Crippen LogP contribution < -0.4 is 5.32 Å². The Morgan fingerprint density at radius 1 is 1.52 bits per heavy atom. The number of aliphatic carboxylic acids is 1. The fourth-order valence-electron chi connectivity index (χ4n) is 2.43. The molecule has 1 heterocycles. The molecule has 1 aliphatic carbocycles. The summed E-state index contributed by atoms with van der Waals surface area (Å²) in [5.74, 6) is -0.924. The standard InChI is InChI=1S/C13H20N4O3S/c1-8(2)17-7-14-16-13(17)21-6-11(18)15-10-4-3-9(5-10)12(19)20/h7-10H,3-6H2,1-2H3,(H,15,18)(H,19,20)/t9-,10+/m1/s1. The Morgan fingerprint density at radius 2 is 2.29 bits per heavy atom. The number of nitrogens with zero attached hydrogens (tertiary/aromatic N) is 3. The lowest BCUT2D eigenvalue weighted by atomic mass is 10.1. The molecule has 0 unspecified atom stereocenters. The number of hydrogen-bond donors (Lipinski definition) is 2. The minimum atomic E-state index is -0.772. The second-order valence-corrected chi connectivity index (χ2v) is 6.46. The number of hydrogen-bond acceptors (Lipinski definition) is 5. The second kappa shape index (κ2) is 6.93. The first-order valence-electron chi connectivity index (χ1n) is 7.02. The molecule has 21 heavy (non-hydrogen) atoms. The molecule has 0 aromatic carbocycles. The van der Waals surface area contributed by atoms with Crippen LogP contribution in [0.25, 0.3) is 0 Å². The minimum Gasteiger partial charge on any atom is -0.481 e. The predicted octanol–water partition coefficient (Wildman–Crippen LogP) is 1.32. The third kappa shape index (κ3) is 4.20. The van der Waals surface area contributed by atoms with Gasteiger partial charge in [-0.1, -0.05) is 11.8 Å². The van der Waals surface area contributed by atoms with Crippen molar-refractivity contribution in [2.24, 2.45) is 5.92 Å². The molecule has 0 spiro atoms. The number of carboxylic acids is 1. The third-order valence-electron chi connectivity index (χ3n) is 3.58. The van der Waals surface area contributed by atoms with E-state index in [-0.39, 0.29) is 29.7 Å². The quantitative estimate of drug-likeness (QED) is 0.769. The number of thioether (sulfide) groups is 1. The molecular formula is C13H20N4O3S. The highest BCUT2D eigenvalue weighted by atomic mass is 32.2. The number of carbonyl (C=O) groups is 2. The first kappa shape index (κ1) is 15.8. The van der Waals surface area contributed by atoms with Gasteiger partial charge >= 0.3 is 5.97 Å². The fourth-order valence-corrected chi connectivity index (χ4v) is 3.28. The van der Waals surface area contributed by atoms with Crippen LogP contribution in [0.5, 0.6) is 0 Å². The monoisotopic (exact) mass is 312 g/mol. The van der Waals surface area contributed by atoms with Gasteiger partial charge in [0.05, 0.1) is 11.7 Å². The number of rotatable bonds is 6. The Kier molecular flexibility index (Phi) is 5.22. The number of carbonyl (C=O) groups excluding carboxylic acids is 1. The Labute approximate surface area is 127 Å². The first-order valence-corrected chi connectivity index (χ1v) is 8.00. The van der Waals surface area contributed by atoms with Gasteiger partial charge in [0.2, 0.25) is 5.91 Å². The van der Waals surface area contributed by atoms with Crippen LogP contribution in [0.1, 0.15) is 39.2 Å². The van der Waals surface area contributed by atoms with Crippen LogP contribution in [0.15, 0.2) is 11.5 Å². The Bertz CT molecular complexity index is 517. The topological polar surface area (TPSA) is 97.1 Å². The lowest BCUT2D eigenvalue weighted by Crippen LogP contribution is -2.34. The SMILES string of the molecule is CC(C)n1cnnc1SCC(=O)N[C@H]1CC[C@@H](C(=O)O)C1. The molecule has 116 valence electrons. The van der Waals surface area contributed by atoms with Crippen molar-refractivity contribution in [2.75, 3.05) is 5.75 Å². The van der Waals surface area contributed by atoms with E-state index in [0.29, 0.717) is 12.8 Å². The van der Waals surface area contributed by atoms with Crippen LogP contribution in [-0.4, -0.2) is 43.5 Å². The Morgan fingerprint density at radius 3 is 2.90 bits per heavy atom. The van der Waals surface area contributed by atoms with Gasteiger partial charge in [-0.2, -0.15) is 0 Å². The molecule has 1 aromatic rings. The summed E-state index contributed by atoms with van der Waals surface area (Å²) in [6.45, 7) is 4.05. The maximum absolute atomic E-state index is 11.9. The normalized spacial score (nSPS) is 21.7. The zero-order chi connectivity index (χ0) is 15.4. The highest BCUT2D eigenvalue weighted by Crippen LogP contribution is 2.26. The van der Waals surface area contributed by atoms with Crippen LogP contribution in [0.3, 0.4) is 0 Å². The van der Waals surface area contributed by atoms with Crippen LogP contribution >= 0.6 is 11.8 Å². The van der Waals surface area contributed by atoms with E-state index >= 15 is 0 Å². The Balaban J connectivity index is 1.78. The highest BCUT2D eigenvalue weighted by Gasteiger charge is 2.30. The molecule has 0 aliphatic heterocycles. The molecule has 0 bridgehead atoms. The molecule has 0 saturated heterocycles. The van der Waals surface area contributed by atoms with Crippen LogP contribution in [0.2, 0.25) is 0 Å². The molecule has 2 atom stereocenters. The molecule has 0 radical (unpaired) electrons. The minimum absolute atomic E-state index is 0.0258. The van der Waals surface area contributed by atoms with E-state index in [1.807, 2.05) is 18.4 Å². The average molecular weight is 312 g/mol. The van der Waals surface area contributed by atoms with E-state index in [2.05, 4.69) is 15.5 Å². The van der Waals surface area contributed by atoms with Gasteiger partial charge < -0.3 is 15.0 Å². The lowest BCUT2D eigenvalue weighted by Gasteiger charge is -2.13. The zero-order valence-electron chi connectivity index (χ0n) is 12.2. The molecule has 1 saturated carbocycles. The molecule has 8 heteroatoms. The Hall–Kier alpha value is -1.57. The van der Waals surface area contributed by atoms with E-state index < -0.39 is 5.97 Å². The molecule has 1 aromatic heterocycles. The van der Waals surface area contributed by atoms with Gasteiger partial charge in [0.1, 0.15) is 6.33 Å². The number of carboxylic acid groups (broad SMARTS) is 1. The van der Waals surface area contributed by atoms with Gasteiger partial charge in [-0.15, -0.1) is 10.2 Å². The van der Waals surface area contributed by atoms with E-state index in [4.69, 9.17) is 5.11 Å². The summed E-state index contributed by atoms with van der Waals surface area (Å²) in [5.41, 5.74) is 0. The average Bonchev–Trinajstić information content (AvgIpc) is 3.04. The van der Waals surface area contributed by atoms with Gasteiger partial charge in [-0.25, -0.2) is 0 Å². The number of nitrogens with one attached hydrogen (secondary N) is 1. The summed E-state index contributed by atoms with van der Waals surface area (Å²) < 4.78 is 1.91. The number of amides is 1. The summed E-state index contributed by atoms with van der Waals surface area (Å²) in [6, 6.07) is 0.221. The van der Waals surface area contributed by atoms with Crippen molar-refractivity contribution in [2.45, 2.75) is 50.4 Å². The molecule has 7 nitrogen and oxygen atoms in total. The maximum Gasteiger partial charge on any atom is 0.306 e. The van der Waals surface area contributed by atoms with Crippen LogP contribution in [0.4, 0.5) is 0 Å². The van der Waals surface area contributed by atoms with Crippen LogP contribution in [0, 0.1) is 5.92 Å². The van der Waals surface area contributed by atoms with Crippen molar-refractivity contribution >= 4 is 23.6 Å². The zero-order valence-corrected chi connectivity index (χ0v) is 13.0. The van der Waals surface area contributed by atoms with Gasteiger partial charge in [0, 0.05) is 12.1 Å². The largest absolute Gasteiger partial charge is 0.481 e. The van der Waals surface area contributed by atoms with Gasteiger partial charge in [0.25, 0.3) is 0 Å². The fraction of sp³-hybridized carbons (Fsp3) is 0.692. The van der Waals surface area contributed by atoms with Crippen molar-refractivity contribution in [3.05, 3.63) is 6.33 Å². The van der Waals surface area contributed by atoms with E-state index in [1.165, 1.54) is 11.8 Å². The van der Waals surface area contributed by atoms with Crippen molar-refractivity contribution < 1.29 is 14.7 Å². The van der Waals surface area contributed by atoms with Crippen molar-refractivity contribution in [1.82, 2.24) is 20.1 Å². The predicted molar refractivity (Wildman–Crippen MR) is 78.0 cm³/mol. The molecule has 2 rings (SSSR count). The van der Waals surface area contributed by atoms with Crippen molar-refractivity contribution in [1.29, 1.82) is 0 Å². The van der Waals surface area contributed by atoms with Crippen molar-refractivity contribution in [3.63, 3.8) is 0 Å². The number of aromatic nitrogens is 3. The summed E-state index contributed by atoms with van der Waals surface area (Å²) in [6.07, 6.45) is 3.54. The molecule has 1 fully saturated rings. The third-order valence-corrected chi connectivity index (χ3v) is 4.53. The van der Waals surface area contributed by atoms with Gasteiger partial charge in [-0.3, -0.25) is 9.59 Å². The first-order chi connectivity index (χ1) is 9.97. The molecule has 1 aliphatic rings. The lowest BCUT2D eigenvalue weighted by molar-refractivity contribution is -0.141. The highest BCUT2D eigenvalue weighted by molar-refractivity contribution is 7.99. The second-order valence-electron chi connectivity index (χ2n) is 5.52. The summed E-state index contributed by atoms with van der Waals surface area (Å²) in [4.78, 5) is 22.8. The summed E-state index contributed by atoms with van der Waals surface area (Å²) in [7, 11) is 0. The molecular weight excluding hydrogens is 292 g/mol. The van der Waals surface area contributed by atoms with Crippen LogP contribution in [-0.2, 0) is 9.59 Å². The smallest absolute Gasteiger partial charge is 0.306 e.